The van der Waals surface area contributed by atoms with Crippen molar-refractivity contribution in [2.45, 2.75) is 13.5 Å². The quantitative estimate of drug-likeness (QED) is 0.689. The molecule has 0 aliphatic heterocycles. The number of hydrogen-bond donors (Lipinski definition) is 3. The topological polar surface area (TPSA) is 127 Å². The lowest BCUT2D eigenvalue weighted by molar-refractivity contribution is 0.0696. The number of carbonyl (C=O) groups excluding carboxylic acids is 3. The minimum Gasteiger partial charge on any atom is -0.478 e. The summed E-state index contributed by atoms with van der Waals surface area (Å²) in [7, 11) is 0. The Morgan fingerprint density at radius 1 is 1.00 bits per heavy atom. The zero-order valence-electron chi connectivity index (χ0n) is 13.4. The highest BCUT2D eigenvalue weighted by atomic mass is 16.4. The van der Waals surface area contributed by atoms with E-state index in [0.29, 0.717) is 5.56 Å². The number of benzene rings is 2. The van der Waals surface area contributed by atoms with Crippen LogP contribution in [-0.2, 0) is 6.54 Å². The number of rotatable bonds is 6. The number of Topliss-reactive ketones (excluding diaryl/α,β-unsaturated/α-hetero) is 1. The summed E-state index contributed by atoms with van der Waals surface area (Å²) >= 11 is 0. The predicted octanol–water partition coefficient (Wildman–Crippen LogP) is 1.62. The number of carboxylic acids is 1. The van der Waals surface area contributed by atoms with E-state index >= 15 is 0 Å². The van der Waals surface area contributed by atoms with E-state index in [1.807, 2.05) is 0 Å². The summed E-state index contributed by atoms with van der Waals surface area (Å²) in [6.45, 7) is 1.32. The normalized spacial score (nSPS) is 10.1. The molecule has 0 aromatic heterocycles. The van der Waals surface area contributed by atoms with E-state index in [4.69, 9.17) is 10.8 Å². The van der Waals surface area contributed by atoms with Crippen LogP contribution in [0, 0.1) is 0 Å². The molecule has 0 spiro atoms. The molecule has 128 valence electrons. The highest BCUT2D eigenvalue weighted by Gasteiger charge is 2.16. The third-order valence-electron chi connectivity index (χ3n) is 3.61. The maximum Gasteiger partial charge on any atom is 0.335 e. The molecular formula is C18H16N2O5. The van der Waals surface area contributed by atoms with E-state index in [9.17, 15) is 19.2 Å². The second-order valence-electron chi connectivity index (χ2n) is 5.33. The average molecular weight is 340 g/mol. The van der Waals surface area contributed by atoms with Gasteiger partial charge in [-0.25, -0.2) is 4.79 Å². The van der Waals surface area contributed by atoms with E-state index in [0.717, 1.165) is 6.07 Å². The van der Waals surface area contributed by atoms with Gasteiger partial charge in [-0.2, -0.15) is 0 Å². The smallest absolute Gasteiger partial charge is 0.335 e. The van der Waals surface area contributed by atoms with Crippen LogP contribution in [0.15, 0.2) is 42.5 Å². The van der Waals surface area contributed by atoms with Crippen LogP contribution in [-0.4, -0.2) is 28.7 Å². The number of carbonyl (C=O) groups is 4. The third-order valence-corrected chi connectivity index (χ3v) is 3.61. The first-order chi connectivity index (χ1) is 11.8. The van der Waals surface area contributed by atoms with Crippen LogP contribution in [0.3, 0.4) is 0 Å². The van der Waals surface area contributed by atoms with Crippen LogP contribution < -0.4 is 11.1 Å². The number of amides is 2. The molecule has 0 radical (unpaired) electrons. The summed E-state index contributed by atoms with van der Waals surface area (Å²) in [5.74, 6) is -2.71. The predicted molar refractivity (Wildman–Crippen MR) is 89.5 cm³/mol. The van der Waals surface area contributed by atoms with Gasteiger partial charge in [-0.3, -0.25) is 14.4 Å². The second kappa shape index (κ2) is 7.39. The van der Waals surface area contributed by atoms with Gasteiger partial charge >= 0.3 is 5.97 Å². The van der Waals surface area contributed by atoms with E-state index in [1.54, 1.807) is 18.2 Å². The Morgan fingerprint density at radius 2 is 1.64 bits per heavy atom. The van der Waals surface area contributed by atoms with Crippen LogP contribution in [0.25, 0.3) is 0 Å². The van der Waals surface area contributed by atoms with Gasteiger partial charge < -0.3 is 16.2 Å². The van der Waals surface area contributed by atoms with Gasteiger partial charge in [0.05, 0.1) is 11.1 Å². The van der Waals surface area contributed by atoms with E-state index in [-0.39, 0.29) is 34.6 Å². The molecule has 0 unspecified atom stereocenters. The fourth-order valence-electron chi connectivity index (χ4n) is 2.35. The summed E-state index contributed by atoms with van der Waals surface area (Å²) < 4.78 is 0. The molecule has 2 amide bonds. The Bertz CT molecular complexity index is 874. The van der Waals surface area contributed by atoms with Crippen molar-refractivity contribution in [1.82, 2.24) is 5.32 Å². The van der Waals surface area contributed by atoms with Crippen molar-refractivity contribution < 1.29 is 24.3 Å². The lowest BCUT2D eigenvalue weighted by atomic mass is 10.0. The Hall–Kier alpha value is -3.48. The number of aromatic carboxylic acids is 1. The van der Waals surface area contributed by atoms with Gasteiger partial charge in [0.2, 0.25) is 5.91 Å². The largest absolute Gasteiger partial charge is 0.478 e. The number of carboxylic acid groups (broad SMARTS) is 1. The van der Waals surface area contributed by atoms with Gasteiger partial charge in [0.1, 0.15) is 0 Å². The molecule has 0 aliphatic rings. The van der Waals surface area contributed by atoms with Crippen molar-refractivity contribution in [3.8, 4) is 0 Å². The van der Waals surface area contributed by atoms with Gasteiger partial charge in [0, 0.05) is 17.7 Å². The van der Waals surface area contributed by atoms with Crippen LogP contribution in [0.1, 0.15) is 53.9 Å². The third kappa shape index (κ3) is 4.08. The van der Waals surface area contributed by atoms with Gasteiger partial charge in [-0.15, -0.1) is 0 Å². The maximum atomic E-state index is 12.3. The lowest BCUT2D eigenvalue weighted by Gasteiger charge is -2.11. The second-order valence-corrected chi connectivity index (χ2v) is 5.33. The highest BCUT2D eigenvalue weighted by Crippen LogP contribution is 2.14. The van der Waals surface area contributed by atoms with Crippen molar-refractivity contribution in [2.75, 3.05) is 0 Å². The minimum absolute atomic E-state index is 0.0139. The number of hydrogen-bond acceptors (Lipinski definition) is 4. The fraction of sp³-hybridized carbons (Fsp3) is 0.111. The van der Waals surface area contributed by atoms with E-state index in [2.05, 4.69) is 5.32 Å². The van der Waals surface area contributed by atoms with Crippen LogP contribution >= 0.6 is 0 Å². The first-order valence-electron chi connectivity index (χ1n) is 7.35. The molecule has 0 fully saturated rings. The molecule has 2 aromatic rings. The van der Waals surface area contributed by atoms with Gasteiger partial charge in [0.25, 0.3) is 5.91 Å². The number of primary amides is 1. The van der Waals surface area contributed by atoms with Crippen molar-refractivity contribution >= 4 is 23.6 Å². The van der Waals surface area contributed by atoms with E-state index < -0.39 is 17.8 Å². The zero-order valence-corrected chi connectivity index (χ0v) is 13.4. The monoisotopic (exact) mass is 340 g/mol. The fourth-order valence-corrected chi connectivity index (χ4v) is 2.35. The summed E-state index contributed by atoms with van der Waals surface area (Å²) in [5.41, 5.74) is 6.10. The summed E-state index contributed by atoms with van der Waals surface area (Å²) in [6.07, 6.45) is 0. The molecule has 2 aromatic carbocycles. The molecule has 0 heterocycles. The zero-order chi connectivity index (χ0) is 18.6. The maximum absolute atomic E-state index is 12.3. The standard InChI is InChI=1S/C18H16N2O5/c1-10(21)13-4-2-3-5-14(13)17(23)20-9-12-7-6-11(18(24)25)8-15(12)16(19)22/h2-8H,9H2,1H3,(H2,19,22)(H,20,23)(H,24,25). The minimum atomic E-state index is -1.19. The molecular weight excluding hydrogens is 324 g/mol. The molecule has 0 aliphatic carbocycles. The summed E-state index contributed by atoms with van der Waals surface area (Å²) in [5, 5.41) is 11.6. The molecule has 7 nitrogen and oxygen atoms in total. The van der Waals surface area contributed by atoms with Crippen LogP contribution in [0.4, 0.5) is 0 Å². The molecule has 4 N–H and O–H groups in total. The summed E-state index contributed by atoms with van der Waals surface area (Å²) in [4.78, 5) is 46.4. The van der Waals surface area contributed by atoms with Crippen molar-refractivity contribution in [2.24, 2.45) is 5.73 Å². The van der Waals surface area contributed by atoms with Gasteiger partial charge in [0.15, 0.2) is 5.78 Å². The molecule has 2 rings (SSSR count). The van der Waals surface area contributed by atoms with Crippen molar-refractivity contribution in [3.05, 3.63) is 70.3 Å². The SMILES string of the molecule is CC(=O)c1ccccc1C(=O)NCc1ccc(C(=O)O)cc1C(N)=O. The van der Waals surface area contributed by atoms with Crippen LogP contribution in [0.5, 0.6) is 0 Å². The molecule has 0 saturated carbocycles. The molecule has 0 bridgehead atoms. The first kappa shape index (κ1) is 17.9. The molecule has 7 heteroatoms. The Labute approximate surface area is 143 Å². The van der Waals surface area contributed by atoms with Crippen molar-refractivity contribution in [1.29, 1.82) is 0 Å². The number of ketones is 1. The van der Waals surface area contributed by atoms with E-state index in [1.165, 1.54) is 25.1 Å². The molecule has 0 saturated heterocycles. The van der Waals surface area contributed by atoms with Crippen molar-refractivity contribution in [3.63, 3.8) is 0 Å². The Balaban J connectivity index is 2.24. The van der Waals surface area contributed by atoms with Gasteiger partial charge in [-0.1, -0.05) is 24.3 Å². The molecule has 0 atom stereocenters. The number of nitrogens with one attached hydrogen (secondary N) is 1. The summed E-state index contributed by atoms with van der Waals surface area (Å²) in [6, 6.07) is 10.3. The lowest BCUT2D eigenvalue weighted by Crippen LogP contribution is -2.26. The Kier molecular flexibility index (Phi) is 5.28. The average Bonchev–Trinajstić information content (AvgIpc) is 2.59. The highest BCUT2D eigenvalue weighted by molar-refractivity contribution is 6.07. The molecule has 25 heavy (non-hydrogen) atoms. The van der Waals surface area contributed by atoms with Gasteiger partial charge in [-0.05, 0) is 30.7 Å². The number of nitrogens with two attached hydrogens (primary N) is 1. The first-order valence-corrected chi connectivity index (χ1v) is 7.35. The van der Waals surface area contributed by atoms with Crippen LogP contribution in [0.2, 0.25) is 0 Å². The Morgan fingerprint density at radius 3 is 2.20 bits per heavy atom.